The van der Waals surface area contributed by atoms with Crippen molar-refractivity contribution in [3.8, 4) is 22.9 Å². The fourth-order valence-electron chi connectivity index (χ4n) is 6.08. The number of rotatable bonds is 8. The van der Waals surface area contributed by atoms with Crippen LogP contribution in [0.15, 0.2) is 42.7 Å². The summed E-state index contributed by atoms with van der Waals surface area (Å²) in [4.78, 5) is 16.8. The second-order valence-corrected chi connectivity index (χ2v) is 10.5. The van der Waals surface area contributed by atoms with Crippen LogP contribution >= 0.6 is 0 Å². The van der Waals surface area contributed by atoms with Crippen molar-refractivity contribution >= 4 is 28.5 Å². The number of anilines is 3. The zero-order chi connectivity index (χ0) is 26.8. The molecule has 0 spiro atoms. The van der Waals surface area contributed by atoms with Crippen LogP contribution in [0.2, 0.25) is 0 Å². The lowest BCUT2D eigenvalue weighted by Gasteiger charge is -2.48. The van der Waals surface area contributed by atoms with Crippen LogP contribution in [0.5, 0.6) is 5.75 Å². The Morgan fingerprint density at radius 3 is 2.69 bits per heavy atom. The first-order chi connectivity index (χ1) is 19.1. The maximum Gasteiger partial charge on any atom is 0.225 e. The minimum absolute atomic E-state index is 0.280. The predicted molar refractivity (Wildman–Crippen MR) is 151 cm³/mol. The third kappa shape index (κ3) is 5.36. The summed E-state index contributed by atoms with van der Waals surface area (Å²) < 4.78 is 5.38. The molecule has 0 aliphatic carbocycles. The van der Waals surface area contributed by atoms with Gasteiger partial charge in [0, 0.05) is 60.0 Å². The monoisotopic (exact) mass is 523 g/mol. The van der Waals surface area contributed by atoms with Gasteiger partial charge >= 0.3 is 0 Å². The number of hydrogen-bond acceptors (Lipinski definition) is 9. The van der Waals surface area contributed by atoms with E-state index in [0.717, 1.165) is 47.1 Å². The minimum Gasteiger partial charge on any atom is -0.495 e. The van der Waals surface area contributed by atoms with E-state index in [4.69, 9.17) is 20.0 Å². The summed E-state index contributed by atoms with van der Waals surface area (Å²) in [7, 11) is 1.64. The third-order valence-corrected chi connectivity index (χ3v) is 7.87. The first-order valence-electron chi connectivity index (χ1n) is 13.6. The van der Waals surface area contributed by atoms with Crippen LogP contribution in [0.1, 0.15) is 44.2 Å². The Hall–Kier alpha value is -4.23. The molecule has 2 aliphatic heterocycles. The highest BCUT2D eigenvalue weighted by Crippen LogP contribution is 2.36. The molecule has 10 heteroatoms. The number of nitriles is 1. The van der Waals surface area contributed by atoms with E-state index in [0.29, 0.717) is 41.8 Å². The number of aromatic nitrogens is 5. The molecule has 1 aromatic carbocycles. The molecule has 10 nitrogen and oxygen atoms in total. The molecule has 3 aromatic heterocycles. The highest BCUT2D eigenvalue weighted by Gasteiger charge is 2.38. The van der Waals surface area contributed by atoms with Crippen molar-refractivity contribution in [3.05, 3.63) is 48.4 Å². The molecular formula is C29H33N9O. The number of fused-ring (bicyclic) bond motifs is 3. The number of aryl methyl sites for hydroxylation is 1. The van der Waals surface area contributed by atoms with E-state index >= 15 is 0 Å². The van der Waals surface area contributed by atoms with E-state index in [2.05, 4.69) is 42.9 Å². The van der Waals surface area contributed by atoms with E-state index in [1.165, 1.54) is 19.3 Å². The molecule has 0 saturated carbocycles. The maximum atomic E-state index is 9.12. The lowest BCUT2D eigenvalue weighted by Crippen LogP contribution is -2.55. The van der Waals surface area contributed by atoms with Gasteiger partial charge in [0.1, 0.15) is 11.6 Å². The number of aromatic amines is 1. The van der Waals surface area contributed by atoms with Crippen molar-refractivity contribution in [2.24, 2.45) is 0 Å². The zero-order valence-electron chi connectivity index (χ0n) is 22.3. The van der Waals surface area contributed by atoms with Crippen molar-refractivity contribution in [1.29, 1.82) is 5.26 Å². The van der Waals surface area contributed by atoms with Crippen molar-refractivity contribution in [3.63, 3.8) is 0 Å². The van der Waals surface area contributed by atoms with Gasteiger partial charge in [-0.2, -0.15) is 15.3 Å². The first-order valence-corrected chi connectivity index (χ1v) is 13.6. The number of nitrogens with zero attached hydrogens (tertiary/aromatic N) is 6. The van der Waals surface area contributed by atoms with Gasteiger partial charge in [0.05, 0.1) is 24.9 Å². The summed E-state index contributed by atoms with van der Waals surface area (Å²) in [5.74, 6) is 2.73. The fourth-order valence-corrected chi connectivity index (χ4v) is 6.08. The van der Waals surface area contributed by atoms with E-state index in [1.54, 1.807) is 13.3 Å². The molecule has 0 amide bonds. The number of methoxy groups -OCH3 is 1. The Balaban J connectivity index is 1.33. The number of benzene rings is 1. The van der Waals surface area contributed by atoms with Crippen LogP contribution in [0.4, 0.5) is 17.6 Å². The Labute approximate surface area is 227 Å². The van der Waals surface area contributed by atoms with Gasteiger partial charge in [-0.25, -0.2) is 4.98 Å². The van der Waals surface area contributed by atoms with Crippen LogP contribution in [-0.4, -0.2) is 61.8 Å². The van der Waals surface area contributed by atoms with E-state index in [9.17, 15) is 0 Å². The highest BCUT2D eigenvalue weighted by molar-refractivity contribution is 5.94. The van der Waals surface area contributed by atoms with Gasteiger partial charge in [-0.05, 0) is 56.4 Å². The summed E-state index contributed by atoms with van der Waals surface area (Å²) in [6, 6.07) is 13.7. The van der Waals surface area contributed by atoms with Crippen molar-refractivity contribution in [2.75, 3.05) is 24.3 Å². The molecule has 39 heavy (non-hydrogen) atoms. The summed E-state index contributed by atoms with van der Waals surface area (Å²) in [6.07, 6.45) is 9.80. The maximum absolute atomic E-state index is 9.12. The summed E-state index contributed by atoms with van der Waals surface area (Å²) in [5, 5.41) is 24.4. The van der Waals surface area contributed by atoms with Crippen LogP contribution in [-0.2, 0) is 0 Å². The second-order valence-electron chi connectivity index (χ2n) is 10.5. The number of nitrogens with one attached hydrogen (secondary N) is 3. The van der Waals surface area contributed by atoms with Gasteiger partial charge in [-0.15, -0.1) is 0 Å². The quantitative estimate of drug-likeness (QED) is 0.286. The molecule has 2 aliphatic rings. The molecule has 0 radical (unpaired) electrons. The van der Waals surface area contributed by atoms with Gasteiger partial charge in [-0.1, -0.05) is 12.5 Å². The number of pyridine rings is 1. The Morgan fingerprint density at radius 2 is 1.95 bits per heavy atom. The summed E-state index contributed by atoms with van der Waals surface area (Å²) in [5.41, 5.74) is 3.76. The van der Waals surface area contributed by atoms with E-state index in [-0.39, 0.29) is 6.04 Å². The number of hydrogen-bond donors (Lipinski definition) is 3. The smallest absolute Gasteiger partial charge is 0.225 e. The van der Waals surface area contributed by atoms with Gasteiger partial charge in [0.25, 0.3) is 0 Å². The SMILES string of the molecule is COc1cncc(-c2ccc3c(Nc4cc(C)[nH]n4)nc(N[C@@H]4C[C@H]5CCC[C@@H](C4)N5CCC#N)nc3c2)c1. The molecule has 200 valence electrons. The van der Waals surface area contributed by atoms with Crippen molar-refractivity contribution < 1.29 is 4.74 Å². The topological polar surface area (TPSA) is 128 Å². The lowest BCUT2D eigenvalue weighted by molar-refractivity contribution is 0.0369. The lowest BCUT2D eigenvalue weighted by atomic mass is 9.81. The van der Waals surface area contributed by atoms with Crippen LogP contribution in [0.3, 0.4) is 0 Å². The number of ether oxygens (including phenoxy) is 1. The molecular weight excluding hydrogens is 490 g/mol. The summed E-state index contributed by atoms with van der Waals surface area (Å²) in [6.45, 7) is 2.83. The Bertz CT molecular complexity index is 1500. The molecule has 2 bridgehead atoms. The average Bonchev–Trinajstić information content (AvgIpc) is 3.35. The largest absolute Gasteiger partial charge is 0.495 e. The van der Waals surface area contributed by atoms with Crippen molar-refractivity contribution in [1.82, 2.24) is 30.0 Å². The average molecular weight is 524 g/mol. The van der Waals surface area contributed by atoms with Gasteiger partial charge in [0.2, 0.25) is 5.95 Å². The third-order valence-electron chi connectivity index (χ3n) is 7.87. The fraction of sp³-hybridized carbons (Fsp3) is 0.414. The highest BCUT2D eigenvalue weighted by atomic mass is 16.5. The molecule has 2 fully saturated rings. The van der Waals surface area contributed by atoms with E-state index in [1.807, 2.05) is 37.4 Å². The van der Waals surface area contributed by atoms with Gasteiger partial charge in [0.15, 0.2) is 5.82 Å². The van der Waals surface area contributed by atoms with Crippen LogP contribution in [0.25, 0.3) is 22.0 Å². The predicted octanol–water partition coefficient (Wildman–Crippen LogP) is 5.19. The molecule has 3 N–H and O–H groups in total. The van der Waals surface area contributed by atoms with Gasteiger partial charge in [-0.3, -0.25) is 15.0 Å². The number of piperidine rings is 2. The molecule has 6 rings (SSSR count). The number of H-pyrrole nitrogens is 1. The molecule has 4 aromatic rings. The normalized spacial score (nSPS) is 20.9. The van der Waals surface area contributed by atoms with Crippen molar-refractivity contribution in [2.45, 2.75) is 63.6 Å². The van der Waals surface area contributed by atoms with Crippen LogP contribution in [0, 0.1) is 18.3 Å². The molecule has 0 unspecified atom stereocenters. The Kier molecular flexibility index (Phi) is 6.99. The molecule has 3 atom stereocenters. The van der Waals surface area contributed by atoms with Crippen LogP contribution < -0.4 is 15.4 Å². The molecule has 5 heterocycles. The molecule has 2 saturated heterocycles. The first kappa shape index (κ1) is 25.1. The van der Waals surface area contributed by atoms with Gasteiger partial charge < -0.3 is 15.4 Å². The Morgan fingerprint density at radius 1 is 1.10 bits per heavy atom. The summed E-state index contributed by atoms with van der Waals surface area (Å²) >= 11 is 0. The zero-order valence-corrected chi connectivity index (χ0v) is 22.3. The standard InChI is InChI=1S/C29H33N9O/c1-18-11-27(37-36-18)34-28-25-8-7-19(20-12-24(39-2)17-31-16-20)13-26(25)33-29(35-28)32-21-14-22-5-3-6-23(15-21)38(22)10-4-9-30/h7-8,11-13,16-17,21-23H,3-6,10,14-15H2,1-2H3,(H3,32,33,34,35,36,37)/t21-,22-,23+. The second kappa shape index (κ2) is 10.9. The minimum atomic E-state index is 0.280. The van der Waals surface area contributed by atoms with E-state index < -0.39 is 0 Å².